The molecule has 12 nitrogen and oxygen atoms in total. The summed E-state index contributed by atoms with van der Waals surface area (Å²) < 4.78 is 51.6. The van der Waals surface area contributed by atoms with Gasteiger partial charge in [0.1, 0.15) is 18.1 Å². The molecule has 0 atom stereocenters. The number of methoxy groups -OCH3 is 1. The molecule has 4 aromatic rings. The molecule has 0 bridgehead atoms. The number of amides is 1. The molecule has 0 aliphatic heterocycles. The van der Waals surface area contributed by atoms with Crippen LogP contribution in [0.2, 0.25) is 5.02 Å². The Bertz CT molecular complexity index is 1710. The maximum Gasteiger partial charge on any atom is 0.419 e. The number of aliphatic hydroxyl groups excluding tert-OH is 1. The Morgan fingerprint density at radius 3 is 2.34 bits per heavy atom. The third kappa shape index (κ3) is 8.28. The Balaban J connectivity index is 1.79. The Morgan fingerprint density at radius 1 is 1.00 bits per heavy atom. The number of carbonyl (C=O) groups is 1. The summed E-state index contributed by atoms with van der Waals surface area (Å²) in [4.78, 5) is 20.8. The lowest BCUT2D eigenvalue weighted by Gasteiger charge is -2.20. The van der Waals surface area contributed by atoms with E-state index in [1.807, 2.05) is 20.8 Å². The lowest BCUT2D eigenvalue weighted by Crippen LogP contribution is -2.20. The van der Waals surface area contributed by atoms with E-state index >= 15 is 0 Å². The molecule has 3 N–H and O–H groups in total. The van der Waals surface area contributed by atoms with Crippen molar-refractivity contribution in [3.05, 3.63) is 83.4 Å². The van der Waals surface area contributed by atoms with E-state index in [1.54, 1.807) is 48.5 Å². The van der Waals surface area contributed by atoms with Crippen LogP contribution in [0.25, 0.3) is 0 Å². The van der Waals surface area contributed by atoms with Gasteiger partial charge in [-0.15, -0.1) is 0 Å². The number of aromatic nitrogens is 2. The number of rotatable bonds is 11. The van der Waals surface area contributed by atoms with Gasteiger partial charge in [-0.05, 0) is 47.4 Å². The van der Waals surface area contributed by atoms with Gasteiger partial charge >= 0.3 is 12.1 Å². The largest absolute Gasteiger partial charge is 0.497 e. The van der Waals surface area contributed by atoms with Crippen LogP contribution in [0.4, 0.5) is 16.3 Å². The summed E-state index contributed by atoms with van der Waals surface area (Å²) in [6, 6.07) is 18.8. The van der Waals surface area contributed by atoms with Gasteiger partial charge in [0.15, 0.2) is 5.82 Å². The van der Waals surface area contributed by atoms with E-state index in [4.69, 9.17) is 30.5 Å². The van der Waals surface area contributed by atoms with Crippen LogP contribution < -0.4 is 29.0 Å². The SMILES string of the molecule is COc1ccc(Cl)c(Oc2c(NS(=O)(=O)c3ccc(C(C)(C)C)cc3)nc(OC(=O)Nc3ccccc3)nc2OCCO)c1. The monoisotopic (exact) mass is 642 g/mol. The van der Waals surface area contributed by atoms with Crippen LogP contribution in [0.5, 0.6) is 29.1 Å². The maximum atomic E-state index is 13.6. The molecule has 232 valence electrons. The zero-order valence-electron chi connectivity index (χ0n) is 24.3. The van der Waals surface area contributed by atoms with Crippen LogP contribution in [0, 0.1) is 0 Å². The highest BCUT2D eigenvalue weighted by molar-refractivity contribution is 7.92. The molecule has 0 fully saturated rings. The quantitative estimate of drug-likeness (QED) is 0.177. The molecule has 1 amide bonds. The molecule has 1 aromatic heterocycles. The van der Waals surface area contributed by atoms with Crippen LogP contribution in [-0.2, 0) is 15.4 Å². The highest BCUT2D eigenvalue weighted by atomic mass is 35.5. The molecule has 0 aliphatic carbocycles. The van der Waals surface area contributed by atoms with Crippen molar-refractivity contribution in [1.82, 2.24) is 9.97 Å². The standard InChI is InChI=1S/C30H31ClN4O8S/c1-30(2,3)19-10-13-22(14-11-19)44(38,39)35-26-25(42-24-18-21(40-4)12-15-23(24)31)27(41-17-16-36)34-28(33-26)43-29(37)32-20-8-6-5-7-9-20/h5-15,18,36H,16-17H2,1-4H3,(H,32,37)(H,33,34,35). The molecule has 0 radical (unpaired) electrons. The highest BCUT2D eigenvalue weighted by Crippen LogP contribution is 2.42. The van der Waals surface area contributed by atoms with Crippen molar-refractivity contribution in [3.8, 4) is 29.1 Å². The van der Waals surface area contributed by atoms with Gasteiger partial charge in [0.25, 0.3) is 15.9 Å². The van der Waals surface area contributed by atoms with Crippen molar-refractivity contribution < 1.29 is 37.3 Å². The van der Waals surface area contributed by atoms with E-state index in [1.165, 1.54) is 31.4 Å². The second-order valence-corrected chi connectivity index (χ2v) is 12.3. The predicted octanol–water partition coefficient (Wildman–Crippen LogP) is 6.01. The van der Waals surface area contributed by atoms with Crippen molar-refractivity contribution in [1.29, 1.82) is 0 Å². The summed E-state index contributed by atoms with van der Waals surface area (Å²) >= 11 is 6.35. The second-order valence-electron chi connectivity index (χ2n) is 10.2. The number of para-hydroxylation sites is 1. The number of aliphatic hydroxyl groups is 1. The number of sulfonamides is 1. The van der Waals surface area contributed by atoms with E-state index in [9.17, 15) is 18.3 Å². The van der Waals surface area contributed by atoms with Crippen molar-refractivity contribution in [3.63, 3.8) is 0 Å². The molecule has 14 heteroatoms. The van der Waals surface area contributed by atoms with Gasteiger partial charge in [-0.2, -0.15) is 9.97 Å². The summed E-state index contributed by atoms with van der Waals surface area (Å²) in [5, 5.41) is 12.1. The third-order valence-corrected chi connectivity index (χ3v) is 7.63. The maximum absolute atomic E-state index is 13.6. The molecule has 1 heterocycles. The van der Waals surface area contributed by atoms with Crippen molar-refractivity contribution in [2.45, 2.75) is 31.1 Å². The molecule has 0 aliphatic rings. The van der Waals surface area contributed by atoms with Gasteiger partial charge in [-0.25, -0.2) is 13.2 Å². The molecule has 0 unspecified atom stereocenters. The van der Waals surface area contributed by atoms with Gasteiger partial charge in [-0.1, -0.05) is 62.7 Å². The van der Waals surface area contributed by atoms with Gasteiger partial charge in [0, 0.05) is 11.8 Å². The molecular formula is C30H31ClN4O8S. The Kier molecular flexibility index (Phi) is 10.1. The molecule has 0 saturated heterocycles. The number of benzene rings is 3. The van der Waals surface area contributed by atoms with E-state index in [0.29, 0.717) is 11.4 Å². The first kappa shape index (κ1) is 32.3. The number of hydrogen-bond acceptors (Lipinski definition) is 10. The molecule has 3 aromatic carbocycles. The summed E-state index contributed by atoms with van der Waals surface area (Å²) in [5.41, 5.74) is 1.15. The van der Waals surface area contributed by atoms with Crippen LogP contribution in [0.1, 0.15) is 26.3 Å². The van der Waals surface area contributed by atoms with Gasteiger partial charge < -0.3 is 24.1 Å². The summed E-state index contributed by atoms with van der Waals surface area (Å²) in [5.74, 6) is -0.666. The number of ether oxygens (including phenoxy) is 4. The Labute approximate surface area is 260 Å². The molecule has 4 rings (SSSR count). The fraction of sp³-hybridized carbons (Fsp3) is 0.233. The highest BCUT2D eigenvalue weighted by Gasteiger charge is 2.27. The summed E-state index contributed by atoms with van der Waals surface area (Å²) in [7, 11) is -2.84. The number of anilines is 2. The molecule has 0 spiro atoms. The van der Waals surface area contributed by atoms with Gasteiger partial charge in [0.05, 0.1) is 23.6 Å². The number of nitrogens with one attached hydrogen (secondary N) is 2. The van der Waals surface area contributed by atoms with Gasteiger partial charge in [0.2, 0.25) is 5.75 Å². The molecule has 0 saturated carbocycles. The summed E-state index contributed by atoms with van der Waals surface area (Å²) in [6.07, 6.45) is -0.958. The molecule has 44 heavy (non-hydrogen) atoms. The first-order valence-electron chi connectivity index (χ1n) is 13.2. The lowest BCUT2D eigenvalue weighted by molar-refractivity contribution is 0.189. The number of carbonyl (C=O) groups excluding carboxylic acids is 1. The van der Waals surface area contributed by atoms with E-state index in [0.717, 1.165) is 5.56 Å². The van der Waals surface area contributed by atoms with Crippen LogP contribution in [0.3, 0.4) is 0 Å². The number of halogens is 1. The lowest BCUT2D eigenvalue weighted by atomic mass is 9.87. The topological polar surface area (TPSA) is 158 Å². The van der Waals surface area contributed by atoms with Crippen molar-refractivity contribution in [2.75, 3.05) is 30.4 Å². The fourth-order valence-corrected chi connectivity index (χ4v) is 4.89. The van der Waals surface area contributed by atoms with Gasteiger partial charge in [-0.3, -0.25) is 10.0 Å². The minimum atomic E-state index is -4.28. The predicted molar refractivity (Wildman–Crippen MR) is 165 cm³/mol. The average molecular weight is 643 g/mol. The zero-order chi connectivity index (χ0) is 31.9. The summed E-state index contributed by atoms with van der Waals surface area (Å²) in [6.45, 7) is 5.33. The Morgan fingerprint density at radius 2 is 1.70 bits per heavy atom. The Hall–Kier alpha value is -4.59. The molecular weight excluding hydrogens is 612 g/mol. The van der Waals surface area contributed by atoms with Crippen LogP contribution >= 0.6 is 11.6 Å². The van der Waals surface area contributed by atoms with Crippen LogP contribution in [0.15, 0.2) is 77.7 Å². The van der Waals surface area contributed by atoms with Crippen molar-refractivity contribution in [2.24, 2.45) is 0 Å². The average Bonchev–Trinajstić information content (AvgIpc) is 2.98. The normalized spacial score (nSPS) is 11.4. The van der Waals surface area contributed by atoms with E-state index in [2.05, 4.69) is 20.0 Å². The fourth-order valence-electron chi connectivity index (χ4n) is 3.72. The number of nitrogens with zero attached hydrogens (tertiary/aromatic N) is 2. The smallest absolute Gasteiger partial charge is 0.419 e. The minimum absolute atomic E-state index is 0.0499. The second kappa shape index (κ2) is 13.8. The van der Waals surface area contributed by atoms with E-state index < -0.39 is 34.6 Å². The third-order valence-electron chi connectivity index (χ3n) is 5.96. The number of hydrogen-bond donors (Lipinski definition) is 3. The van der Waals surface area contributed by atoms with Crippen LogP contribution in [-0.4, -0.2) is 49.9 Å². The minimum Gasteiger partial charge on any atom is -0.497 e. The van der Waals surface area contributed by atoms with E-state index in [-0.39, 0.29) is 39.3 Å². The van der Waals surface area contributed by atoms with Crippen molar-refractivity contribution >= 4 is 39.2 Å². The zero-order valence-corrected chi connectivity index (χ0v) is 25.9. The first-order valence-corrected chi connectivity index (χ1v) is 15.1. The first-order chi connectivity index (χ1) is 20.9.